The second-order valence-electron chi connectivity index (χ2n) is 4.20. The number of anilines is 1. The van der Waals surface area contributed by atoms with E-state index >= 15 is 0 Å². The molecular weight excluding hydrogens is 254 g/mol. The van der Waals surface area contributed by atoms with Gasteiger partial charge in [0.05, 0.1) is 29.7 Å². The molecule has 1 fully saturated rings. The molecule has 96 valence electrons. The van der Waals surface area contributed by atoms with E-state index in [4.69, 9.17) is 10.8 Å². The number of aliphatic hydroxyl groups is 2. The van der Waals surface area contributed by atoms with Gasteiger partial charge in [0.2, 0.25) is 0 Å². The Morgan fingerprint density at radius 2 is 2.28 bits per heavy atom. The van der Waals surface area contributed by atoms with Crippen LogP contribution in [0.2, 0.25) is 0 Å². The van der Waals surface area contributed by atoms with Crippen molar-refractivity contribution in [3.8, 4) is 0 Å². The summed E-state index contributed by atoms with van der Waals surface area (Å²) in [5.74, 6) is 0.348. The van der Waals surface area contributed by atoms with Crippen molar-refractivity contribution in [3.05, 3.63) is 12.7 Å². The summed E-state index contributed by atoms with van der Waals surface area (Å²) in [6.07, 6.45) is 3.10. The molecule has 0 unspecified atom stereocenters. The highest BCUT2D eigenvalue weighted by Gasteiger charge is 2.35. The molecule has 0 radical (unpaired) electrons. The maximum Gasteiger partial charge on any atom is 0.166 e. The zero-order valence-corrected chi connectivity index (χ0v) is 10.3. The molecule has 1 aliphatic rings. The Bertz CT molecular complexity index is 574. The zero-order valence-electron chi connectivity index (χ0n) is 9.47. The van der Waals surface area contributed by atoms with Crippen LogP contribution in [0, 0.1) is 0 Å². The standard InChI is InChI=1S/C10H13N5O2S/c11-9-8-10(13-3-12-9)15(4-14-8)7-1-5(17)6(2-16)18-7/h3-7,16-17H,1-2H2,(H2,11,12,13)/t5-,6+,7-/m1/s1. The number of hydrogen-bond acceptors (Lipinski definition) is 7. The Kier molecular flexibility index (Phi) is 2.84. The number of imidazole rings is 1. The molecule has 2 aromatic rings. The first-order valence-electron chi connectivity index (χ1n) is 5.58. The summed E-state index contributed by atoms with van der Waals surface area (Å²) < 4.78 is 1.87. The van der Waals surface area contributed by atoms with Gasteiger partial charge < -0.3 is 20.5 Å². The lowest BCUT2D eigenvalue weighted by Gasteiger charge is -2.11. The molecule has 1 saturated heterocycles. The van der Waals surface area contributed by atoms with Crippen molar-refractivity contribution < 1.29 is 10.2 Å². The summed E-state index contributed by atoms with van der Waals surface area (Å²) >= 11 is 1.52. The minimum absolute atomic E-state index is 0.0106. The van der Waals surface area contributed by atoms with Gasteiger partial charge in [-0.15, -0.1) is 11.8 Å². The Labute approximate surface area is 107 Å². The SMILES string of the molecule is Nc1ncnc2c1ncn2[C@H]1C[C@@H](O)[C@H](CO)S1. The quantitative estimate of drug-likeness (QED) is 0.689. The number of aliphatic hydroxyl groups excluding tert-OH is 2. The van der Waals surface area contributed by atoms with Crippen LogP contribution in [0.4, 0.5) is 5.82 Å². The van der Waals surface area contributed by atoms with E-state index in [1.54, 1.807) is 6.33 Å². The summed E-state index contributed by atoms with van der Waals surface area (Å²) in [5, 5.41) is 18.8. The van der Waals surface area contributed by atoms with Crippen molar-refractivity contribution in [1.82, 2.24) is 19.5 Å². The maximum atomic E-state index is 9.81. The number of rotatable bonds is 2. The number of hydrogen-bond donors (Lipinski definition) is 3. The molecular formula is C10H13N5O2S. The highest BCUT2D eigenvalue weighted by atomic mass is 32.2. The highest BCUT2D eigenvalue weighted by Crippen LogP contribution is 2.42. The zero-order chi connectivity index (χ0) is 12.7. The fraction of sp³-hybridized carbons (Fsp3) is 0.500. The van der Waals surface area contributed by atoms with Crippen LogP contribution >= 0.6 is 11.8 Å². The molecule has 0 amide bonds. The molecule has 0 bridgehead atoms. The van der Waals surface area contributed by atoms with Gasteiger partial charge in [-0.25, -0.2) is 15.0 Å². The van der Waals surface area contributed by atoms with E-state index in [-0.39, 0.29) is 17.2 Å². The van der Waals surface area contributed by atoms with Gasteiger partial charge in [0.1, 0.15) is 11.8 Å². The van der Waals surface area contributed by atoms with Crippen molar-refractivity contribution in [2.45, 2.75) is 23.1 Å². The lowest BCUT2D eigenvalue weighted by Crippen LogP contribution is -2.20. The smallest absolute Gasteiger partial charge is 0.166 e. The number of fused-ring (bicyclic) bond motifs is 1. The number of nitrogens with two attached hydrogens (primary N) is 1. The monoisotopic (exact) mass is 267 g/mol. The van der Waals surface area contributed by atoms with Crippen LogP contribution in [0.5, 0.6) is 0 Å². The molecule has 4 N–H and O–H groups in total. The van der Waals surface area contributed by atoms with Crippen LogP contribution in [0.15, 0.2) is 12.7 Å². The first kappa shape index (κ1) is 11.7. The number of aromatic nitrogens is 4. The third-order valence-electron chi connectivity index (χ3n) is 3.08. The summed E-state index contributed by atoms with van der Waals surface area (Å²) in [5.41, 5.74) is 6.95. The van der Waals surface area contributed by atoms with Crippen LogP contribution in [-0.4, -0.2) is 47.7 Å². The van der Waals surface area contributed by atoms with Crippen LogP contribution in [-0.2, 0) is 0 Å². The minimum Gasteiger partial charge on any atom is -0.395 e. The average Bonchev–Trinajstić information content (AvgIpc) is 2.93. The molecule has 2 aromatic heterocycles. The fourth-order valence-electron chi connectivity index (χ4n) is 2.13. The van der Waals surface area contributed by atoms with E-state index in [0.717, 1.165) is 0 Å². The predicted molar refractivity (Wildman–Crippen MR) is 67.9 cm³/mol. The van der Waals surface area contributed by atoms with Gasteiger partial charge in [-0.1, -0.05) is 0 Å². The topological polar surface area (TPSA) is 110 Å². The summed E-state index contributed by atoms with van der Waals surface area (Å²) in [6, 6.07) is 0. The maximum absolute atomic E-state index is 9.81. The van der Waals surface area contributed by atoms with Crippen LogP contribution in [0.25, 0.3) is 11.2 Å². The van der Waals surface area contributed by atoms with E-state index in [1.807, 2.05) is 4.57 Å². The van der Waals surface area contributed by atoms with Gasteiger partial charge in [0.25, 0.3) is 0 Å². The molecule has 0 aromatic carbocycles. The Morgan fingerprint density at radius 3 is 3.00 bits per heavy atom. The summed E-state index contributed by atoms with van der Waals surface area (Å²) in [7, 11) is 0. The van der Waals surface area contributed by atoms with Crippen molar-refractivity contribution in [3.63, 3.8) is 0 Å². The summed E-state index contributed by atoms with van der Waals surface area (Å²) in [4.78, 5) is 12.3. The lowest BCUT2D eigenvalue weighted by molar-refractivity contribution is 0.138. The Balaban J connectivity index is 1.99. The van der Waals surface area contributed by atoms with Gasteiger partial charge in [0.15, 0.2) is 11.5 Å². The molecule has 8 heteroatoms. The van der Waals surface area contributed by atoms with Gasteiger partial charge >= 0.3 is 0 Å². The second kappa shape index (κ2) is 4.38. The second-order valence-corrected chi connectivity index (χ2v) is 5.62. The number of nitrogen functional groups attached to an aromatic ring is 1. The first-order valence-corrected chi connectivity index (χ1v) is 6.52. The lowest BCUT2D eigenvalue weighted by atomic mass is 10.2. The summed E-state index contributed by atoms with van der Waals surface area (Å²) in [6.45, 7) is -0.0356. The van der Waals surface area contributed by atoms with Gasteiger partial charge in [-0.3, -0.25) is 0 Å². The minimum atomic E-state index is -0.512. The van der Waals surface area contributed by atoms with Gasteiger partial charge in [-0.05, 0) is 0 Å². The van der Waals surface area contributed by atoms with E-state index < -0.39 is 6.10 Å². The highest BCUT2D eigenvalue weighted by molar-refractivity contribution is 8.00. The van der Waals surface area contributed by atoms with Gasteiger partial charge in [-0.2, -0.15) is 0 Å². The molecule has 3 rings (SSSR count). The Hall–Kier alpha value is -1.38. The van der Waals surface area contributed by atoms with E-state index in [0.29, 0.717) is 23.4 Å². The van der Waals surface area contributed by atoms with Crippen molar-refractivity contribution in [2.24, 2.45) is 0 Å². The molecule has 7 nitrogen and oxygen atoms in total. The largest absolute Gasteiger partial charge is 0.395 e. The van der Waals surface area contributed by atoms with Crippen molar-refractivity contribution in [1.29, 1.82) is 0 Å². The predicted octanol–water partition coefficient (Wildman–Crippen LogP) is -0.234. The molecule has 0 saturated carbocycles. The average molecular weight is 267 g/mol. The molecule has 3 atom stereocenters. The molecule has 18 heavy (non-hydrogen) atoms. The molecule has 0 spiro atoms. The van der Waals surface area contributed by atoms with Crippen LogP contribution < -0.4 is 5.73 Å². The third kappa shape index (κ3) is 1.73. The fourth-order valence-corrected chi connectivity index (χ4v) is 3.51. The van der Waals surface area contributed by atoms with Crippen LogP contribution in [0.3, 0.4) is 0 Å². The van der Waals surface area contributed by atoms with E-state index in [2.05, 4.69) is 15.0 Å². The van der Waals surface area contributed by atoms with Gasteiger partial charge in [0, 0.05) is 6.42 Å². The Morgan fingerprint density at radius 1 is 1.44 bits per heavy atom. The van der Waals surface area contributed by atoms with Crippen molar-refractivity contribution in [2.75, 3.05) is 12.3 Å². The first-order chi connectivity index (χ1) is 8.70. The van der Waals surface area contributed by atoms with Crippen molar-refractivity contribution >= 4 is 28.7 Å². The normalized spacial score (nSPS) is 28.0. The molecule has 0 aliphatic carbocycles. The third-order valence-corrected chi connectivity index (χ3v) is 4.63. The van der Waals surface area contributed by atoms with E-state index in [1.165, 1.54) is 18.1 Å². The van der Waals surface area contributed by atoms with Crippen LogP contribution in [0.1, 0.15) is 11.8 Å². The molecule has 3 heterocycles. The molecule has 1 aliphatic heterocycles. The van der Waals surface area contributed by atoms with E-state index in [9.17, 15) is 5.11 Å². The number of thioether (sulfide) groups is 1. The number of nitrogens with zero attached hydrogens (tertiary/aromatic N) is 4.